The Labute approximate surface area is 123 Å². The summed E-state index contributed by atoms with van der Waals surface area (Å²) in [7, 11) is 0. The molecule has 1 fully saturated rings. The fraction of sp³-hybridized carbons (Fsp3) is 0.643. The Bertz CT molecular complexity index is 514. The van der Waals surface area contributed by atoms with E-state index in [4.69, 9.17) is 0 Å². The Balaban J connectivity index is 1.86. The third kappa shape index (κ3) is 4.04. The number of hydrogen-bond donors (Lipinski definition) is 2. The van der Waals surface area contributed by atoms with E-state index in [1.54, 1.807) is 15.8 Å². The average Bonchev–Trinajstić information content (AvgIpc) is 3.01. The monoisotopic (exact) mass is 294 g/mol. The summed E-state index contributed by atoms with van der Waals surface area (Å²) in [4.78, 5) is 25.1. The maximum absolute atomic E-state index is 12.2. The van der Waals surface area contributed by atoms with E-state index in [-0.39, 0.29) is 30.4 Å². The summed E-state index contributed by atoms with van der Waals surface area (Å²) in [5.41, 5.74) is 1.06. The summed E-state index contributed by atoms with van der Waals surface area (Å²) in [6.07, 6.45) is 4.02. The van der Waals surface area contributed by atoms with E-state index in [2.05, 4.69) is 10.4 Å². The first-order valence-corrected chi connectivity index (χ1v) is 7.14. The number of hydrogen-bond acceptors (Lipinski definition) is 4. The molecule has 1 aromatic heterocycles. The number of aryl methyl sites for hydroxylation is 2. The highest BCUT2D eigenvalue weighted by Crippen LogP contribution is 2.17. The number of amides is 2. The summed E-state index contributed by atoms with van der Waals surface area (Å²) in [6.45, 7) is 4.85. The predicted octanol–water partition coefficient (Wildman–Crippen LogP) is -0.463. The summed E-state index contributed by atoms with van der Waals surface area (Å²) >= 11 is 0. The highest BCUT2D eigenvalue weighted by molar-refractivity contribution is 5.77. The normalized spacial score (nSPS) is 21.6. The number of aromatic nitrogens is 2. The molecule has 0 aromatic carbocycles. The zero-order valence-corrected chi connectivity index (χ0v) is 12.5. The van der Waals surface area contributed by atoms with Crippen molar-refractivity contribution in [1.82, 2.24) is 20.0 Å². The average molecular weight is 294 g/mol. The second kappa shape index (κ2) is 6.71. The Morgan fingerprint density at radius 2 is 2.24 bits per heavy atom. The van der Waals surface area contributed by atoms with E-state index in [1.165, 1.54) is 6.92 Å². The standard InChI is InChI=1S/C14H22N4O3/c1-10-5-15-18(6-10)4-3-14(21)17-7-12(9-19)13(8-17)16-11(2)20/h5-6,12-13,19H,3-4,7-9H2,1-2H3,(H,16,20)/t12-,13+/m0/s1. The molecule has 0 spiro atoms. The molecular formula is C14H22N4O3. The van der Waals surface area contributed by atoms with Gasteiger partial charge in [0.2, 0.25) is 11.8 Å². The minimum atomic E-state index is -0.164. The highest BCUT2D eigenvalue weighted by atomic mass is 16.3. The molecule has 21 heavy (non-hydrogen) atoms. The van der Waals surface area contributed by atoms with Crippen LogP contribution in [0.5, 0.6) is 0 Å². The van der Waals surface area contributed by atoms with Gasteiger partial charge in [-0.1, -0.05) is 0 Å². The smallest absolute Gasteiger partial charge is 0.224 e. The lowest BCUT2D eigenvalue weighted by molar-refractivity contribution is -0.130. The van der Waals surface area contributed by atoms with Gasteiger partial charge in [0.05, 0.1) is 12.2 Å². The molecule has 7 heteroatoms. The largest absolute Gasteiger partial charge is 0.396 e. The Morgan fingerprint density at radius 3 is 2.81 bits per heavy atom. The van der Waals surface area contributed by atoms with Crippen LogP contribution in [0.15, 0.2) is 12.4 Å². The van der Waals surface area contributed by atoms with Gasteiger partial charge in [-0.15, -0.1) is 0 Å². The molecule has 2 N–H and O–H groups in total. The SMILES string of the molecule is CC(=O)N[C@@H]1CN(C(=O)CCn2cc(C)cn2)C[C@H]1CO. The lowest BCUT2D eigenvalue weighted by Gasteiger charge is -2.17. The Morgan fingerprint density at radius 1 is 1.48 bits per heavy atom. The van der Waals surface area contributed by atoms with Crippen molar-refractivity contribution in [3.05, 3.63) is 18.0 Å². The highest BCUT2D eigenvalue weighted by Gasteiger charge is 2.34. The first kappa shape index (κ1) is 15.5. The second-order valence-electron chi connectivity index (χ2n) is 5.58. The van der Waals surface area contributed by atoms with Crippen LogP contribution in [0.3, 0.4) is 0 Å². The number of aliphatic hydroxyl groups excluding tert-OH is 1. The summed E-state index contributed by atoms with van der Waals surface area (Å²) in [5.74, 6) is -0.209. The van der Waals surface area contributed by atoms with Crippen LogP contribution < -0.4 is 5.32 Å². The molecule has 0 bridgehead atoms. The zero-order valence-electron chi connectivity index (χ0n) is 12.5. The number of rotatable bonds is 5. The first-order chi connectivity index (χ1) is 9.99. The number of likely N-dealkylation sites (tertiary alicyclic amines) is 1. The van der Waals surface area contributed by atoms with E-state index < -0.39 is 0 Å². The molecule has 1 saturated heterocycles. The molecule has 0 saturated carbocycles. The molecule has 2 rings (SSSR count). The van der Waals surface area contributed by atoms with E-state index in [0.717, 1.165) is 5.56 Å². The van der Waals surface area contributed by atoms with Crippen molar-refractivity contribution < 1.29 is 14.7 Å². The number of carbonyl (C=O) groups is 2. The molecule has 116 valence electrons. The zero-order chi connectivity index (χ0) is 15.4. The first-order valence-electron chi connectivity index (χ1n) is 7.14. The molecule has 0 radical (unpaired) electrons. The summed E-state index contributed by atoms with van der Waals surface area (Å²) in [5, 5.41) is 16.3. The third-order valence-electron chi connectivity index (χ3n) is 3.73. The van der Waals surface area contributed by atoms with Crippen LogP contribution in [-0.2, 0) is 16.1 Å². The molecule has 2 amide bonds. The van der Waals surface area contributed by atoms with Crippen LogP contribution in [0, 0.1) is 12.8 Å². The molecule has 2 heterocycles. The molecule has 7 nitrogen and oxygen atoms in total. The molecule has 1 aliphatic heterocycles. The maximum Gasteiger partial charge on any atom is 0.224 e. The van der Waals surface area contributed by atoms with Crippen molar-refractivity contribution in [3.63, 3.8) is 0 Å². The van der Waals surface area contributed by atoms with Gasteiger partial charge in [-0.2, -0.15) is 5.10 Å². The number of carbonyl (C=O) groups excluding carboxylic acids is 2. The van der Waals surface area contributed by atoms with Crippen molar-refractivity contribution >= 4 is 11.8 Å². The lowest BCUT2D eigenvalue weighted by atomic mass is 10.1. The molecule has 1 aliphatic rings. The topological polar surface area (TPSA) is 87.5 Å². The molecule has 1 aromatic rings. The Hall–Kier alpha value is -1.89. The molecular weight excluding hydrogens is 272 g/mol. The lowest BCUT2D eigenvalue weighted by Crippen LogP contribution is -2.40. The van der Waals surface area contributed by atoms with E-state index >= 15 is 0 Å². The van der Waals surface area contributed by atoms with Crippen LogP contribution in [0.4, 0.5) is 0 Å². The van der Waals surface area contributed by atoms with Gasteiger partial charge in [0, 0.05) is 51.7 Å². The second-order valence-corrected chi connectivity index (χ2v) is 5.58. The van der Waals surface area contributed by atoms with Gasteiger partial charge < -0.3 is 15.3 Å². The van der Waals surface area contributed by atoms with Crippen LogP contribution in [0.2, 0.25) is 0 Å². The molecule has 2 atom stereocenters. The minimum Gasteiger partial charge on any atom is -0.396 e. The predicted molar refractivity (Wildman–Crippen MR) is 76.3 cm³/mol. The van der Waals surface area contributed by atoms with Gasteiger partial charge in [0.15, 0.2) is 0 Å². The van der Waals surface area contributed by atoms with E-state index in [9.17, 15) is 14.7 Å². The maximum atomic E-state index is 12.2. The van der Waals surface area contributed by atoms with E-state index in [1.807, 2.05) is 13.1 Å². The number of aliphatic hydroxyl groups is 1. The van der Waals surface area contributed by atoms with Gasteiger partial charge in [-0.3, -0.25) is 14.3 Å². The van der Waals surface area contributed by atoms with Gasteiger partial charge in [-0.05, 0) is 12.5 Å². The third-order valence-corrected chi connectivity index (χ3v) is 3.73. The van der Waals surface area contributed by atoms with Crippen molar-refractivity contribution in [2.75, 3.05) is 19.7 Å². The summed E-state index contributed by atoms with van der Waals surface area (Å²) in [6, 6.07) is -0.164. The van der Waals surface area contributed by atoms with Crippen LogP contribution >= 0.6 is 0 Å². The van der Waals surface area contributed by atoms with Gasteiger partial charge in [0.25, 0.3) is 0 Å². The van der Waals surface area contributed by atoms with Crippen molar-refractivity contribution in [3.8, 4) is 0 Å². The quantitative estimate of drug-likeness (QED) is 0.769. The minimum absolute atomic E-state index is 0.0226. The summed E-state index contributed by atoms with van der Waals surface area (Å²) < 4.78 is 1.75. The van der Waals surface area contributed by atoms with Gasteiger partial charge in [-0.25, -0.2) is 0 Å². The van der Waals surface area contributed by atoms with Gasteiger partial charge in [0.1, 0.15) is 0 Å². The van der Waals surface area contributed by atoms with Gasteiger partial charge >= 0.3 is 0 Å². The van der Waals surface area contributed by atoms with E-state index in [0.29, 0.717) is 26.1 Å². The van der Waals surface area contributed by atoms with Crippen LogP contribution in [0.1, 0.15) is 18.9 Å². The number of nitrogens with zero attached hydrogens (tertiary/aromatic N) is 3. The fourth-order valence-corrected chi connectivity index (χ4v) is 2.64. The molecule has 0 aliphatic carbocycles. The van der Waals surface area contributed by atoms with Crippen LogP contribution in [0.25, 0.3) is 0 Å². The Kier molecular flexibility index (Phi) is 4.95. The van der Waals surface area contributed by atoms with Crippen molar-refractivity contribution in [1.29, 1.82) is 0 Å². The fourth-order valence-electron chi connectivity index (χ4n) is 2.64. The molecule has 0 unspecified atom stereocenters. The van der Waals surface area contributed by atoms with Crippen molar-refractivity contribution in [2.24, 2.45) is 5.92 Å². The number of nitrogens with one attached hydrogen (secondary N) is 1. The van der Waals surface area contributed by atoms with Crippen molar-refractivity contribution in [2.45, 2.75) is 32.9 Å². The van der Waals surface area contributed by atoms with Crippen LogP contribution in [-0.4, -0.2) is 57.3 Å².